The van der Waals surface area contributed by atoms with Crippen molar-refractivity contribution in [1.29, 1.82) is 5.26 Å². The highest BCUT2D eigenvalue weighted by Crippen LogP contribution is 2.33. The normalized spacial score (nSPS) is 19.4. The number of carbonyl (C=O) groups is 1. The zero-order valence-electron chi connectivity index (χ0n) is 20.2. The van der Waals surface area contributed by atoms with E-state index < -0.39 is 0 Å². The summed E-state index contributed by atoms with van der Waals surface area (Å²) >= 11 is 0. The predicted molar refractivity (Wildman–Crippen MR) is 137 cm³/mol. The number of amides is 1. The Morgan fingerprint density at radius 1 is 1.14 bits per heavy atom. The lowest BCUT2D eigenvalue weighted by Crippen LogP contribution is -2.49. The first-order valence-electron chi connectivity index (χ1n) is 11.8. The third-order valence-corrected chi connectivity index (χ3v) is 6.83. The van der Waals surface area contributed by atoms with E-state index in [0.29, 0.717) is 5.56 Å². The van der Waals surface area contributed by atoms with E-state index in [9.17, 15) is 10.1 Å². The molecule has 9 heteroatoms. The summed E-state index contributed by atoms with van der Waals surface area (Å²) in [6.45, 7) is 2.04. The van der Waals surface area contributed by atoms with Gasteiger partial charge in [-0.2, -0.15) is 15.5 Å². The number of rotatable bonds is 5. The Bertz CT molecular complexity index is 1510. The van der Waals surface area contributed by atoms with Crippen LogP contribution >= 0.6 is 0 Å². The maximum absolute atomic E-state index is 11.6. The molecule has 4 aromatic heterocycles. The molecule has 0 spiro atoms. The van der Waals surface area contributed by atoms with Gasteiger partial charge < -0.3 is 10.6 Å². The van der Waals surface area contributed by atoms with Crippen LogP contribution in [0.1, 0.15) is 38.2 Å². The molecular formula is C27H26N8O. The van der Waals surface area contributed by atoms with E-state index in [-0.39, 0.29) is 17.5 Å². The number of aromatic nitrogens is 5. The average Bonchev–Trinajstić information content (AvgIpc) is 3.51. The molecule has 0 radical (unpaired) electrons. The van der Waals surface area contributed by atoms with Crippen molar-refractivity contribution < 1.29 is 4.79 Å². The number of anilines is 1. The molecule has 1 aliphatic rings. The van der Waals surface area contributed by atoms with Gasteiger partial charge in [-0.05, 0) is 56.7 Å². The van der Waals surface area contributed by atoms with Crippen molar-refractivity contribution in [3.05, 3.63) is 54.7 Å². The zero-order chi connectivity index (χ0) is 25.3. The van der Waals surface area contributed by atoms with E-state index in [1.54, 1.807) is 21.6 Å². The Balaban J connectivity index is 1.37. The SMILES string of the molecule is C#CC(=O)NC1(C)CCC(Nc2ccc(-c3cc(-c4cnn(C)c4)cn4ncc(C#N)c34)cn2)CC1. The number of fused-ring (bicyclic) bond motifs is 1. The van der Waals surface area contributed by atoms with Crippen LogP contribution in [0.25, 0.3) is 27.8 Å². The molecule has 0 aromatic carbocycles. The van der Waals surface area contributed by atoms with Crippen LogP contribution < -0.4 is 10.6 Å². The molecule has 0 atom stereocenters. The Morgan fingerprint density at radius 2 is 1.94 bits per heavy atom. The largest absolute Gasteiger partial charge is 0.367 e. The summed E-state index contributed by atoms with van der Waals surface area (Å²) in [5, 5.41) is 24.8. The Kier molecular flexibility index (Phi) is 5.91. The third kappa shape index (κ3) is 4.51. The molecule has 1 fully saturated rings. The first kappa shape index (κ1) is 23.1. The van der Waals surface area contributed by atoms with Crippen molar-refractivity contribution in [1.82, 2.24) is 29.7 Å². The quantitative estimate of drug-likeness (QED) is 0.424. The minimum Gasteiger partial charge on any atom is -0.367 e. The first-order chi connectivity index (χ1) is 17.4. The van der Waals surface area contributed by atoms with Crippen LogP contribution in [-0.4, -0.2) is 41.9 Å². The molecule has 0 saturated heterocycles. The van der Waals surface area contributed by atoms with Crippen molar-refractivity contribution in [2.45, 2.75) is 44.2 Å². The second-order valence-corrected chi connectivity index (χ2v) is 9.52. The fourth-order valence-electron chi connectivity index (χ4n) is 4.83. The van der Waals surface area contributed by atoms with Gasteiger partial charge in [0, 0.05) is 59.5 Å². The maximum atomic E-state index is 11.6. The lowest BCUT2D eigenvalue weighted by Gasteiger charge is -2.38. The van der Waals surface area contributed by atoms with Gasteiger partial charge in [-0.25, -0.2) is 9.50 Å². The molecule has 5 rings (SSSR count). The van der Waals surface area contributed by atoms with E-state index in [2.05, 4.69) is 37.8 Å². The van der Waals surface area contributed by atoms with Crippen LogP contribution in [0.2, 0.25) is 0 Å². The maximum Gasteiger partial charge on any atom is 0.296 e. The standard InChI is InChI=1S/C27H26N8O/c1-4-25(36)33-27(2)9-7-22(8-10-27)32-24-6-5-18(13-29-24)23-11-19(21-15-30-34(3)16-21)17-35-26(23)20(12-28)14-31-35/h1,5-6,11,13-17,22H,7-10H2,2-3H3,(H,29,32)(H,33,36). The molecule has 4 heterocycles. The smallest absolute Gasteiger partial charge is 0.296 e. The lowest BCUT2D eigenvalue weighted by molar-refractivity contribution is -0.117. The van der Waals surface area contributed by atoms with Crippen LogP contribution in [0.5, 0.6) is 0 Å². The number of nitrogens with zero attached hydrogens (tertiary/aromatic N) is 6. The summed E-state index contributed by atoms with van der Waals surface area (Å²) in [5.74, 6) is 2.56. The van der Waals surface area contributed by atoms with Gasteiger partial charge in [0.15, 0.2) is 0 Å². The number of pyridine rings is 2. The molecule has 9 nitrogen and oxygen atoms in total. The highest BCUT2D eigenvalue weighted by atomic mass is 16.1. The second kappa shape index (κ2) is 9.20. The molecule has 0 unspecified atom stereocenters. The number of carbonyl (C=O) groups excluding carboxylic acids is 1. The van der Waals surface area contributed by atoms with E-state index in [1.807, 2.05) is 50.8 Å². The van der Waals surface area contributed by atoms with Crippen molar-refractivity contribution >= 4 is 17.2 Å². The summed E-state index contributed by atoms with van der Waals surface area (Å²) in [7, 11) is 1.88. The molecule has 180 valence electrons. The van der Waals surface area contributed by atoms with Crippen molar-refractivity contribution in [3.63, 3.8) is 0 Å². The Hall–Kier alpha value is -4.63. The number of terminal acetylenes is 1. The molecule has 1 aliphatic carbocycles. The third-order valence-electron chi connectivity index (χ3n) is 6.83. The monoisotopic (exact) mass is 478 g/mol. The summed E-state index contributed by atoms with van der Waals surface area (Å²) in [5.41, 5.74) is 4.66. The number of aryl methyl sites for hydroxylation is 1. The van der Waals surface area contributed by atoms with Crippen molar-refractivity contribution in [3.8, 4) is 40.7 Å². The van der Waals surface area contributed by atoms with E-state index >= 15 is 0 Å². The molecule has 1 amide bonds. The van der Waals surface area contributed by atoms with Gasteiger partial charge in [-0.15, -0.1) is 6.42 Å². The van der Waals surface area contributed by atoms with Crippen LogP contribution in [0.3, 0.4) is 0 Å². The number of hydrogen-bond donors (Lipinski definition) is 2. The highest BCUT2D eigenvalue weighted by Gasteiger charge is 2.32. The minimum atomic E-state index is -0.361. The predicted octanol–water partition coefficient (Wildman–Crippen LogP) is 3.53. The molecule has 4 aromatic rings. The van der Waals surface area contributed by atoms with Crippen LogP contribution in [0.4, 0.5) is 5.82 Å². The average molecular weight is 479 g/mol. The van der Waals surface area contributed by atoms with Gasteiger partial charge in [-0.1, -0.05) is 0 Å². The van der Waals surface area contributed by atoms with E-state index in [1.165, 1.54) is 0 Å². The first-order valence-corrected chi connectivity index (χ1v) is 11.8. The summed E-state index contributed by atoms with van der Waals surface area (Å²) in [6, 6.07) is 8.52. The second-order valence-electron chi connectivity index (χ2n) is 9.52. The zero-order valence-corrected chi connectivity index (χ0v) is 20.2. The highest BCUT2D eigenvalue weighted by molar-refractivity contribution is 5.93. The fraction of sp³-hybridized carbons (Fsp3) is 0.296. The lowest BCUT2D eigenvalue weighted by atomic mass is 9.80. The summed E-state index contributed by atoms with van der Waals surface area (Å²) in [4.78, 5) is 16.3. The van der Waals surface area contributed by atoms with Crippen molar-refractivity contribution in [2.24, 2.45) is 7.05 Å². The van der Waals surface area contributed by atoms with Gasteiger partial charge >= 0.3 is 0 Å². The van der Waals surface area contributed by atoms with Crippen LogP contribution in [0, 0.1) is 23.7 Å². The molecule has 0 bridgehead atoms. The van der Waals surface area contributed by atoms with Gasteiger partial charge in [0.05, 0.1) is 23.5 Å². The fourth-order valence-corrected chi connectivity index (χ4v) is 4.83. The molecule has 2 N–H and O–H groups in total. The van der Waals surface area contributed by atoms with E-state index in [4.69, 9.17) is 6.42 Å². The molecule has 1 saturated carbocycles. The van der Waals surface area contributed by atoms with Crippen molar-refractivity contribution in [2.75, 3.05) is 5.32 Å². The van der Waals surface area contributed by atoms with Crippen LogP contribution in [0.15, 0.2) is 49.2 Å². The van der Waals surface area contributed by atoms with Crippen LogP contribution in [-0.2, 0) is 11.8 Å². The minimum absolute atomic E-state index is 0.264. The number of hydrogen-bond acceptors (Lipinski definition) is 6. The molecular weight excluding hydrogens is 452 g/mol. The molecule has 36 heavy (non-hydrogen) atoms. The summed E-state index contributed by atoms with van der Waals surface area (Å²) < 4.78 is 3.49. The Labute approximate surface area is 209 Å². The Morgan fingerprint density at radius 3 is 2.58 bits per heavy atom. The van der Waals surface area contributed by atoms with Gasteiger partial charge in [-0.3, -0.25) is 9.48 Å². The van der Waals surface area contributed by atoms with Gasteiger partial charge in [0.2, 0.25) is 0 Å². The summed E-state index contributed by atoms with van der Waals surface area (Å²) in [6.07, 6.45) is 17.7. The number of nitriles is 1. The van der Waals surface area contributed by atoms with Gasteiger partial charge in [0.25, 0.3) is 5.91 Å². The van der Waals surface area contributed by atoms with Gasteiger partial charge in [0.1, 0.15) is 11.9 Å². The van der Waals surface area contributed by atoms with E-state index in [0.717, 1.165) is 59.3 Å². The topological polar surface area (TPSA) is 113 Å². The number of nitrogens with one attached hydrogen (secondary N) is 2. The molecule has 0 aliphatic heterocycles.